The van der Waals surface area contributed by atoms with Crippen LogP contribution in [0, 0.1) is 0 Å². The number of phosphoric acid groups is 1. The molecule has 0 radical (unpaired) electrons. The van der Waals surface area contributed by atoms with Crippen molar-refractivity contribution in [2.75, 3.05) is 13.2 Å². The van der Waals surface area contributed by atoms with Gasteiger partial charge in [0, 0.05) is 0 Å². The SMILES string of the molecule is CCCOP(=O)(O)OC/C(O)=C/OC=O. The van der Waals surface area contributed by atoms with Gasteiger partial charge in [-0.25, -0.2) is 4.57 Å². The zero-order valence-corrected chi connectivity index (χ0v) is 9.05. The number of rotatable bonds is 8. The maximum atomic E-state index is 11.0. The van der Waals surface area contributed by atoms with E-state index in [0.29, 0.717) is 12.7 Å². The number of hydrogen-bond donors (Lipinski definition) is 2. The summed E-state index contributed by atoms with van der Waals surface area (Å²) < 4.78 is 23.9. The average molecular weight is 240 g/mol. The lowest BCUT2D eigenvalue weighted by Gasteiger charge is -2.10. The summed E-state index contributed by atoms with van der Waals surface area (Å²) in [5.41, 5.74) is 0. The van der Waals surface area contributed by atoms with Crippen LogP contribution in [0.5, 0.6) is 0 Å². The van der Waals surface area contributed by atoms with Crippen molar-refractivity contribution in [1.29, 1.82) is 0 Å². The Labute approximate surface area is 86.9 Å². The summed E-state index contributed by atoms with van der Waals surface area (Å²) in [7, 11) is -4.14. The van der Waals surface area contributed by atoms with E-state index in [1.54, 1.807) is 6.92 Å². The maximum absolute atomic E-state index is 11.0. The Morgan fingerprint density at radius 3 is 2.67 bits per heavy atom. The second-order valence-electron chi connectivity index (χ2n) is 2.42. The van der Waals surface area contributed by atoms with Crippen LogP contribution in [0.25, 0.3) is 0 Å². The molecular weight excluding hydrogens is 227 g/mol. The van der Waals surface area contributed by atoms with Crippen LogP contribution < -0.4 is 0 Å². The minimum atomic E-state index is -4.14. The lowest BCUT2D eigenvalue weighted by molar-refractivity contribution is -0.124. The van der Waals surface area contributed by atoms with E-state index < -0.39 is 20.2 Å². The van der Waals surface area contributed by atoms with Crippen LogP contribution in [0.15, 0.2) is 12.0 Å². The molecule has 0 saturated carbocycles. The first-order chi connectivity index (χ1) is 7.02. The van der Waals surface area contributed by atoms with Gasteiger partial charge in [-0.15, -0.1) is 0 Å². The Morgan fingerprint density at radius 1 is 1.47 bits per heavy atom. The molecule has 0 aliphatic heterocycles. The molecule has 0 aliphatic rings. The van der Waals surface area contributed by atoms with E-state index in [1.165, 1.54) is 0 Å². The lowest BCUT2D eigenvalue weighted by atomic mass is 10.5. The molecule has 0 spiro atoms. The summed E-state index contributed by atoms with van der Waals surface area (Å²) in [4.78, 5) is 18.7. The fraction of sp³-hybridized carbons (Fsp3) is 0.571. The standard InChI is InChI=1S/C7H13O7P/c1-2-3-13-15(10,11)14-5-7(9)4-12-6-8/h4,6,9H,2-3,5H2,1H3,(H,10,11)/b7-4-. The number of carbonyl (C=O) groups excluding carboxylic acids is 1. The Bertz CT molecular complexity index is 262. The molecule has 0 bridgehead atoms. The zero-order valence-electron chi connectivity index (χ0n) is 8.16. The van der Waals surface area contributed by atoms with E-state index in [9.17, 15) is 9.36 Å². The van der Waals surface area contributed by atoms with E-state index in [4.69, 9.17) is 10.00 Å². The second-order valence-corrected chi connectivity index (χ2v) is 3.87. The molecule has 1 unspecified atom stereocenters. The number of carbonyl (C=O) groups is 1. The molecule has 0 heterocycles. The first-order valence-electron chi connectivity index (χ1n) is 4.11. The van der Waals surface area contributed by atoms with Crippen LogP contribution in [-0.2, 0) is 23.1 Å². The van der Waals surface area contributed by atoms with Crippen molar-refractivity contribution in [3.63, 3.8) is 0 Å². The molecule has 0 fully saturated rings. The zero-order chi connectivity index (χ0) is 11.7. The summed E-state index contributed by atoms with van der Waals surface area (Å²) in [6, 6.07) is 0. The lowest BCUT2D eigenvalue weighted by Crippen LogP contribution is -2.00. The van der Waals surface area contributed by atoms with Gasteiger partial charge < -0.3 is 14.7 Å². The number of hydrogen-bond acceptors (Lipinski definition) is 6. The van der Waals surface area contributed by atoms with Crippen molar-refractivity contribution in [3.05, 3.63) is 12.0 Å². The van der Waals surface area contributed by atoms with Crippen molar-refractivity contribution in [1.82, 2.24) is 0 Å². The molecule has 0 aromatic heterocycles. The van der Waals surface area contributed by atoms with E-state index in [1.807, 2.05) is 0 Å². The third kappa shape index (κ3) is 8.14. The van der Waals surface area contributed by atoms with E-state index in [2.05, 4.69) is 13.8 Å². The largest absolute Gasteiger partial charge is 0.507 e. The van der Waals surface area contributed by atoms with Crippen LogP contribution in [0.2, 0.25) is 0 Å². The molecule has 1 atom stereocenters. The van der Waals surface area contributed by atoms with Crippen LogP contribution in [-0.4, -0.2) is 29.7 Å². The average Bonchev–Trinajstić information content (AvgIpc) is 2.21. The smallest absolute Gasteiger partial charge is 0.472 e. The van der Waals surface area contributed by atoms with E-state index in [0.717, 1.165) is 0 Å². The van der Waals surface area contributed by atoms with Crippen LogP contribution >= 0.6 is 7.82 Å². The Morgan fingerprint density at radius 2 is 2.13 bits per heavy atom. The molecular formula is C7H13O7P. The topological polar surface area (TPSA) is 102 Å². The molecule has 2 N–H and O–H groups in total. The van der Waals surface area contributed by atoms with Gasteiger partial charge in [-0.3, -0.25) is 13.8 Å². The highest BCUT2D eigenvalue weighted by atomic mass is 31.2. The fourth-order valence-corrected chi connectivity index (χ4v) is 1.32. The van der Waals surface area contributed by atoms with Gasteiger partial charge in [0.05, 0.1) is 6.61 Å². The molecule has 0 rings (SSSR count). The van der Waals surface area contributed by atoms with Crippen molar-refractivity contribution < 1.29 is 33.1 Å². The van der Waals surface area contributed by atoms with Gasteiger partial charge in [0.2, 0.25) is 0 Å². The summed E-state index contributed by atoms with van der Waals surface area (Å²) >= 11 is 0. The van der Waals surface area contributed by atoms with E-state index >= 15 is 0 Å². The molecule has 15 heavy (non-hydrogen) atoms. The summed E-state index contributed by atoms with van der Waals surface area (Å²) in [5.74, 6) is -0.503. The third-order valence-corrected chi connectivity index (χ3v) is 2.06. The summed E-state index contributed by atoms with van der Waals surface area (Å²) in [6.07, 6.45) is 1.25. The Balaban J connectivity index is 3.91. The van der Waals surface area contributed by atoms with Gasteiger partial charge in [-0.1, -0.05) is 6.92 Å². The number of ether oxygens (including phenoxy) is 1. The predicted molar refractivity (Wildman–Crippen MR) is 49.9 cm³/mol. The maximum Gasteiger partial charge on any atom is 0.472 e. The molecule has 88 valence electrons. The monoisotopic (exact) mass is 240 g/mol. The quantitative estimate of drug-likeness (QED) is 0.372. The third-order valence-electron chi connectivity index (χ3n) is 1.09. The number of aliphatic hydroxyl groups is 1. The van der Waals surface area contributed by atoms with Crippen LogP contribution in [0.3, 0.4) is 0 Å². The minimum Gasteiger partial charge on any atom is -0.507 e. The van der Waals surface area contributed by atoms with Crippen molar-refractivity contribution in [3.8, 4) is 0 Å². The summed E-state index contributed by atoms with van der Waals surface area (Å²) in [6.45, 7) is 1.34. The molecule has 0 aromatic rings. The second kappa shape index (κ2) is 7.42. The van der Waals surface area contributed by atoms with Crippen molar-refractivity contribution >= 4 is 14.3 Å². The van der Waals surface area contributed by atoms with Crippen LogP contribution in [0.1, 0.15) is 13.3 Å². The number of phosphoric ester groups is 1. The number of aliphatic hydroxyl groups excluding tert-OH is 1. The van der Waals surface area contributed by atoms with Crippen molar-refractivity contribution in [2.45, 2.75) is 13.3 Å². The molecule has 0 aromatic carbocycles. The van der Waals surface area contributed by atoms with Gasteiger partial charge >= 0.3 is 7.82 Å². The molecule has 0 aliphatic carbocycles. The molecule has 0 amide bonds. The minimum absolute atomic E-state index is 0.0725. The first kappa shape index (κ1) is 14.1. The van der Waals surface area contributed by atoms with E-state index in [-0.39, 0.29) is 13.1 Å². The molecule has 8 heteroatoms. The van der Waals surface area contributed by atoms with Crippen LogP contribution in [0.4, 0.5) is 0 Å². The normalized spacial score (nSPS) is 15.7. The van der Waals surface area contributed by atoms with Gasteiger partial charge in [-0.2, -0.15) is 0 Å². The highest BCUT2D eigenvalue weighted by molar-refractivity contribution is 7.47. The highest BCUT2D eigenvalue weighted by Gasteiger charge is 2.20. The predicted octanol–water partition coefficient (Wildman–Crippen LogP) is 1.10. The van der Waals surface area contributed by atoms with Gasteiger partial charge in [0.15, 0.2) is 5.76 Å². The molecule has 7 nitrogen and oxygen atoms in total. The van der Waals surface area contributed by atoms with Crippen molar-refractivity contribution in [2.24, 2.45) is 0 Å². The first-order valence-corrected chi connectivity index (χ1v) is 5.60. The molecule has 0 saturated heterocycles. The Hall–Kier alpha value is -0.880. The van der Waals surface area contributed by atoms with Gasteiger partial charge in [0.1, 0.15) is 12.9 Å². The highest BCUT2D eigenvalue weighted by Crippen LogP contribution is 2.43. The van der Waals surface area contributed by atoms with Gasteiger partial charge in [0.25, 0.3) is 6.47 Å². The van der Waals surface area contributed by atoms with Gasteiger partial charge in [-0.05, 0) is 6.42 Å². The summed E-state index contributed by atoms with van der Waals surface area (Å²) in [5, 5.41) is 8.93. The fourth-order valence-electron chi connectivity index (χ4n) is 0.532. The Kier molecular flexibility index (Phi) is 6.98.